The van der Waals surface area contributed by atoms with Gasteiger partial charge in [0.05, 0.1) is 0 Å². The Balaban J connectivity index is 2.87. The van der Waals surface area contributed by atoms with E-state index in [0.717, 1.165) is 0 Å². The van der Waals surface area contributed by atoms with E-state index in [1.54, 1.807) is 26.1 Å². The van der Waals surface area contributed by atoms with Crippen molar-refractivity contribution in [3.8, 4) is 0 Å². The minimum atomic E-state index is -4.51. The first-order valence-corrected chi connectivity index (χ1v) is 5.53. The maximum absolute atomic E-state index is 13.7. The largest absolute Gasteiger partial charge is 0.405 e. The second-order valence-corrected chi connectivity index (χ2v) is 5.08. The van der Waals surface area contributed by atoms with Crippen molar-refractivity contribution in [2.75, 3.05) is 6.54 Å². The molecule has 7 heteroatoms. The van der Waals surface area contributed by atoms with Crippen LogP contribution in [-0.2, 0) is 5.41 Å². The van der Waals surface area contributed by atoms with Crippen LogP contribution >= 0.6 is 0 Å². The molecule has 0 aromatic carbocycles. The molecule has 19 heavy (non-hydrogen) atoms. The average Bonchev–Trinajstić information content (AvgIpc) is 2.22. The predicted molar refractivity (Wildman–Crippen MR) is 61.3 cm³/mol. The van der Waals surface area contributed by atoms with Crippen molar-refractivity contribution >= 4 is 5.91 Å². The summed E-state index contributed by atoms with van der Waals surface area (Å²) in [7, 11) is 0. The third-order valence-corrected chi connectivity index (χ3v) is 2.34. The minimum Gasteiger partial charge on any atom is -0.342 e. The lowest BCUT2D eigenvalue weighted by Gasteiger charge is -2.19. The number of nitrogens with one attached hydrogen (secondary N) is 1. The highest BCUT2D eigenvalue weighted by Gasteiger charge is 2.28. The van der Waals surface area contributed by atoms with Crippen LogP contribution in [0.15, 0.2) is 12.1 Å². The molecular weight excluding hydrogens is 264 g/mol. The number of carbonyl (C=O) groups excluding carboxylic acids is 1. The van der Waals surface area contributed by atoms with Gasteiger partial charge in [-0.25, -0.2) is 4.98 Å². The van der Waals surface area contributed by atoms with E-state index in [0.29, 0.717) is 5.56 Å². The summed E-state index contributed by atoms with van der Waals surface area (Å²) in [6, 6.07) is 2.56. The van der Waals surface area contributed by atoms with E-state index in [-0.39, 0.29) is 5.69 Å². The van der Waals surface area contributed by atoms with E-state index in [4.69, 9.17) is 0 Å². The zero-order valence-electron chi connectivity index (χ0n) is 10.7. The van der Waals surface area contributed by atoms with Crippen LogP contribution < -0.4 is 5.32 Å². The lowest BCUT2D eigenvalue weighted by Crippen LogP contribution is -2.34. The van der Waals surface area contributed by atoms with E-state index in [1.165, 1.54) is 12.1 Å². The molecule has 0 saturated heterocycles. The SMILES string of the molecule is CC(C)(C)c1ccc(C(=O)NCC(F)(F)F)nc1F. The number of alkyl halides is 3. The van der Waals surface area contributed by atoms with Crippen LogP contribution in [0.4, 0.5) is 17.6 Å². The molecule has 0 saturated carbocycles. The van der Waals surface area contributed by atoms with Crippen molar-refractivity contribution in [3.05, 3.63) is 29.3 Å². The summed E-state index contributed by atoms with van der Waals surface area (Å²) in [6.45, 7) is 3.81. The van der Waals surface area contributed by atoms with Crippen LogP contribution in [0.25, 0.3) is 0 Å². The van der Waals surface area contributed by atoms with Gasteiger partial charge in [0.15, 0.2) is 0 Å². The summed E-state index contributed by atoms with van der Waals surface area (Å²) < 4.78 is 49.4. The van der Waals surface area contributed by atoms with Crippen LogP contribution in [0.2, 0.25) is 0 Å². The second-order valence-electron chi connectivity index (χ2n) is 5.08. The third-order valence-electron chi connectivity index (χ3n) is 2.34. The fraction of sp³-hybridized carbons (Fsp3) is 0.500. The molecule has 106 valence electrons. The van der Waals surface area contributed by atoms with Gasteiger partial charge in [-0.3, -0.25) is 4.79 Å². The molecule has 3 nitrogen and oxygen atoms in total. The van der Waals surface area contributed by atoms with Crippen molar-refractivity contribution < 1.29 is 22.4 Å². The molecule has 0 aliphatic heterocycles. The van der Waals surface area contributed by atoms with Crippen molar-refractivity contribution in [2.45, 2.75) is 32.4 Å². The topological polar surface area (TPSA) is 42.0 Å². The summed E-state index contributed by atoms with van der Waals surface area (Å²) in [5, 5.41) is 1.63. The number of hydrogen-bond donors (Lipinski definition) is 1. The molecule has 0 fully saturated rings. The van der Waals surface area contributed by atoms with E-state index < -0.39 is 30.0 Å². The summed E-state index contributed by atoms with van der Waals surface area (Å²) in [4.78, 5) is 14.8. The number of halogens is 4. The molecule has 1 heterocycles. The Morgan fingerprint density at radius 3 is 2.26 bits per heavy atom. The van der Waals surface area contributed by atoms with Crippen LogP contribution in [0.3, 0.4) is 0 Å². The summed E-state index contributed by atoms with van der Waals surface area (Å²) in [6.07, 6.45) is -4.51. The summed E-state index contributed by atoms with van der Waals surface area (Å²) in [5.74, 6) is -1.91. The van der Waals surface area contributed by atoms with Crippen LogP contribution in [0, 0.1) is 5.95 Å². The van der Waals surface area contributed by atoms with Gasteiger partial charge in [0.2, 0.25) is 5.95 Å². The van der Waals surface area contributed by atoms with Gasteiger partial charge in [-0.05, 0) is 11.5 Å². The molecule has 0 aliphatic rings. The van der Waals surface area contributed by atoms with Crippen LogP contribution in [0.5, 0.6) is 0 Å². The lowest BCUT2D eigenvalue weighted by molar-refractivity contribution is -0.123. The third kappa shape index (κ3) is 4.50. The Morgan fingerprint density at radius 2 is 1.84 bits per heavy atom. The Hall–Kier alpha value is -1.66. The first-order chi connectivity index (χ1) is 8.50. The summed E-state index contributed by atoms with van der Waals surface area (Å²) >= 11 is 0. The number of aromatic nitrogens is 1. The molecule has 0 aliphatic carbocycles. The summed E-state index contributed by atoms with van der Waals surface area (Å²) in [5.41, 5.74) is -0.590. The van der Waals surface area contributed by atoms with E-state index in [9.17, 15) is 22.4 Å². The second kappa shape index (κ2) is 5.14. The Labute approximate surface area is 108 Å². The van der Waals surface area contributed by atoms with Crippen molar-refractivity contribution in [3.63, 3.8) is 0 Å². The van der Waals surface area contributed by atoms with Gasteiger partial charge in [-0.15, -0.1) is 0 Å². The molecule has 0 spiro atoms. The van der Waals surface area contributed by atoms with E-state index >= 15 is 0 Å². The van der Waals surface area contributed by atoms with Crippen LogP contribution in [-0.4, -0.2) is 23.6 Å². The molecule has 1 aromatic rings. The zero-order chi connectivity index (χ0) is 14.8. The van der Waals surface area contributed by atoms with Crippen molar-refractivity contribution in [1.29, 1.82) is 0 Å². The number of nitrogens with zero attached hydrogens (tertiary/aromatic N) is 1. The maximum atomic E-state index is 13.7. The fourth-order valence-electron chi connectivity index (χ4n) is 1.39. The Bertz CT molecular complexity index is 478. The van der Waals surface area contributed by atoms with E-state index in [2.05, 4.69) is 4.98 Å². The molecule has 1 aromatic heterocycles. The fourth-order valence-corrected chi connectivity index (χ4v) is 1.39. The van der Waals surface area contributed by atoms with Gasteiger partial charge in [-0.1, -0.05) is 26.8 Å². The Kier molecular flexibility index (Phi) is 4.17. The highest BCUT2D eigenvalue weighted by Crippen LogP contribution is 2.24. The van der Waals surface area contributed by atoms with Crippen molar-refractivity contribution in [1.82, 2.24) is 10.3 Å². The highest BCUT2D eigenvalue weighted by atomic mass is 19.4. The number of pyridine rings is 1. The lowest BCUT2D eigenvalue weighted by atomic mass is 9.88. The van der Waals surface area contributed by atoms with Gasteiger partial charge in [-0.2, -0.15) is 17.6 Å². The molecule has 0 unspecified atom stereocenters. The van der Waals surface area contributed by atoms with E-state index in [1.807, 2.05) is 0 Å². The molecule has 0 radical (unpaired) electrons. The van der Waals surface area contributed by atoms with Gasteiger partial charge < -0.3 is 5.32 Å². The Morgan fingerprint density at radius 1 is 1.26 bits per heavy atom. The normalized spacial score (nSPS) is 12.4. The quantitative estimate of drug-likeness (QED) is 0.667. The number of hydrogen-bond acceptors (Lipinski definition) is 2. The minimum absolute atomic E-state index is 0.292. The van der Waals surface area contributed by atoms with Gasteiger partial charge >= 0.3 is 6.18 Å². The van der Waals surface area contributed by atoms with Crippen molar-refractivity contribution in [2.24, 2.45) is 0 Å². The first-order valence-electron chi connectivity index (χ1n) is 5.53. The molecule has 1 rings (SSSR count). The molecule has 0 atom stereocenters. The molecular formula is C12H14F4N2O. The van der Waals surface area contributed by atoms with Crippen LogP contribution in [0.1, 0.15) is 36.8 Å². The number of amides is 1. The first kappa shape index (κ1) is 15.4. The molecule has 1 N–H and O–H groups in total. The number of rotatable bonds is 2. The predicted octanol–water partition coefficient (Wildman–Crippen LogP) is 2.81. The van der Waals surface area contributed by atoms with Gasteiger partial charge in [0, 0.05) is 5.56 Å². The maximum Gasteiger partial charge on any atom is 0.405 e. The monoisotopic (exact) mass is 278 g/mol. The highest BCUT2D eigenvalue weighted by molar-refractivity contribution is 5.92. The van der Waals surface area contributed by atoms with Gasteiger partial charge in [0.1, 0.15) is 12.2 Å². The number of carbonyl (C=O) groups is 1. The molecule has 1 amide bonds. The zero-order valence-corrected chi connectivity index (χ0v) is 10.7. The average molecular weight is 278 g/mol. The standard InChI is InChI=1S/C12H14F4N2O/c1-11(2,3)7-4-5-8(18-9(7)13)10(19)17-6-12(14,15)16/h4-5H,6H2,1-3H3,(H,17,19). The smallest absolute Gasteiger partial charge is 0.342 e. The van der Waals surface area contributed by atoms with Gasteiger partial charge in [0.25, 0.3) is 5.91 Å². The molecule has 0 bridgehead atoms.